The second-order valence-corrected chi connectivity index (χ2v) is 16.7. The van der Waals surface area contributed by atoms with Crippen LogP contribution in [0.3, 0.4) is 0 Å². The molecule has 19 heteroatoms. The lowest BCUT2D eigenvalue weighted by atomic mass is 10.0. The van der Waals surface area contributed by atoms with Gasteiger partial charge in [0.25, 0.3) is 11.8 Å². The summed E-state index contributed by atoms with van der Waals surface area (Å²) in [5, 5.41) is 9.00. The van der Waals surface area contributed by atoms with Crippen LogP contribution in [0.4, 0.5) is 30.6 Å². The summed E-state index contributed by atoms with van der Waals surface area (Å²) in [4.78, 5) is 118. The lowest BCUT2D eigenvalue weighted by Crippen LogP contribution is -2.57. The number of carbonyl (C=O) groups is 9. The fourth-order valence-electron chi connectivity index (χ4n) is 6.68. The van der Waals surface area contributed by atoms with Gasteiger partial charge in [-0.1, -0.05) is 15.9 Å². The molecule has 58 heavy (non-hydrogen) atoms. The fourth-order valence-corrected chi connectivity index (χ4v) is 6.95. The molecule has 18 nitrogen and oxygen atoms in total. The Hall–Kier alpha value is -5.85. The molecule has 310 valence electrons. The molecule has 0 aromatic heterocycles. The maximum Gasteiger partial charge on any atom is 0.424 e. The Morgan fingerprint density at radius 2 is 0.966 bits per heavy atom. The number of carbonyl (C=O) groups excluding carboxylic acids is 8. The molecule has 4 heterocycles. The fraction of sp³-hybridized carbons (Fsp3) is 0.462. The predicted octanol–water partition coefficient (Wildman–Crippen LogP) is 5.22. The van der Waals surface area contributed by atoms with E-state index in [1.165, 1.54) is 39.0 Å². The summed E-state index contributed by atoms with van der Waals surface area (Å²) in [6.07, 6.45) is -1.80. The number of halogens is 1. The molecule has 4 saturated heterocycles. The Bertz CT molecular complexity index is 2010. The minimum atomic E-state index is -1.07. The zero-order valence-electron chi connectivity index (χ0n) is 32.9. The minimum absolute atomic E-state index is 0.00227. The van der Waals surface area contributed by atoms with Crippen molar-refractivity contribution in [3.63, 3.8) is 0 Å². The number of likely N-dealkylation sites (tertiary alicyclic amines) is 2. The van der Waals surface area contributed by atoms with Gasteiger partial charge in [0, 0.05) is 54.9 Å². The number of amides is 10. The van der Waals surface area contributed by atoms with Gasteiger partial charge >= 0.3 is 30.2 Å². The average molecular weight is 870 g/mol. The molecule has 2 aromatic carbocycles. The van der Waals surface area contributed by atoms with Crippen molar-refractivity contribution in [3.8, 4) is 0 Å². The number of nitrogens with zero attached hydrogens (tertiary/aromatic N) is 6. The maximum absolute atomic E-state index is 12.9. The van der Waals surface area contributed by atoms with Crippen LogP contribution in [0, 0.1) is 0 Å². The Labute approximate surface area is 342 Å². The van der Waals surface area contributed by atoms with Crippen LogP contribution in [-0.2, 0) is 28.7 Å². The number of carboxylic acid groups (broad SMARTS) is 1. The molecular weight excluding hydrogens is 824 g/mol. The van der Waals surface area contributed by atoms with Gasteiger partial charge in [0.05, 0.1) is 5.56 Å². The minimum Gasteiger partial charge on any atom is -0.478 e. The van der Waals surface area contributed by atoms with Crippen molar-refractivity contribution in [2.24, 2.45) is 0 Å². The van der Waals surface area contributed by atoms with Gasteiger partial charge in [-0.05, 0) is 103 Å². The summed E-state index contributed by atoms with van der Waals surface area (Å²) in [6.45, 7) is 11.1. The van der Waals surface area contributed by atoms with Crippen molar-refractivity contribution in [2.45, 2.75) is 90.5 Å². The second-order valence-electron chi connectivity index (χ2n) is 15.8. The van der Waals surface area contributed by atoms with Crippen LogP contribution >= 0.6 is 15.9 Å². The van der Waals surface area contributed by atoms with Gasteiger partial charge in [-0.25, -0.2) is 24.0 Å². The SMILES string of the molecule is CC(C)(C)OC(=O)N1C(=O)CCC(N2CCN(c3ccc(Br)cc3)C2=O)C1=O.CC(C)(C)OC(=O)N1C(=O)CCC(N2CCN(c3ccc(C(=O)O)cc3)C2=O)C1=O. The van der Waals surface area contributed by atoms with E-state index in [0.29, 0.717) is 28.6 Å². The van der Waals surface area contributed by atoms with Crippen LogP contribution in [0.5, 0.6) is 0 Å². The van der Waals surface area contributed by atoms with Gasteiger partial charge in [-0.15, -0.1) is 0 Å². The number of urea groups is 2. The largest absolute Gasteiger partial charge is 0.478 e. The zero-order valence-corrected chi connectivity index (χ0v) is 34.5. The monoisotopic (exact) mass is 868 g/mol. The van der Waals surface area contributed by atoms with Crippen LogP contribution in [-0.4, -0.2) is 128 Å². The number of aromatic carboxylic acids is 1. The Morgan fingerprint density at radius 1 is 0.603 bits per heavy atom. The molecule has 4 fully saturated rings. The summed E-state index contributed by atoms with van der Waals surface area (Å²) >= 11 is 3.36. The standard InChI is InChI=1S/C20H23N3O7.C19H22BrN3O5/c1-20(2,3)30-19(29)23-15(24)9-8-14(16(23)25)22-11-10-21(18(22)28)13-6-4-12(5-7-13)17(26)27;1-19(2,3)28-18(27)23-15(24)9-8-14(16(23)25)22-11-10-21(17(22)26)13-6-4-12(20)5-7-13/h4-7,14H,8-11H2,1-3H3,(H,26,27);4-7,14H,8-11H2,1-3H3. The van der Waals surface area contributed by atoms with E-state index >= 15 is 0 Å². The van der Waals surface area contributed by atoms with Crippen molar-refractivity contribution in [2.75, 3.05) is 36.0 Å². The van der Waals surface area contributed by atoms with Gasteiger partial charge in [-0.3, -0.25) is 29.0 Å². The van der Waals surface area contributed by atoms with Crippen LogP contribution in [0.25, 0.3) is 0 Å². The zero-order chi connectivity index (χ0) is 42.9. The summed E-state index contributed by atoms with van der Waals surface area (Å²) < 4.78 is 11.2. The summed E-state index contributed by atoms with van der Waals surface area (Å²) in [7, 11) is 0. The van der Waals surface area contributed by atoms with E-state index in [0.717, 1.165) is 10.2 Å². The molecule has 2 atom stereocenters. The van der Waals surface area contributed by atoms with Crippen molar-refractivity contribution in [1.82, 2.24) is 19.6 Å². The van der Waals surface area contributed by atoms with E-state index in [1.54, 1.807) is 46.4 Å². The number of piperidine rings is 2. The van der Waals surface area contributed by atoms with Crippen LogP contribution < -0.4 is 9.80 Å². The first-order chi connectivity index (χ1) is 27.1. The third-order valence-corrected chi connectivity index (χ3v) is 9.85. The second kappa shape index (κ2) is 16.9. The number of benzene rings is 2. The Balaban J connectivity index is 0.000000221. The molecule has 0 bridgehead atoms. The predicted molar refractivity (Wildman–Crippen MR) is 209 cm³/mol. The summed E-state index contributed by atoms with van der Waals surface area (Å²) in [5.74, 6) is -3.82. The first-order valence-electron chi connectivity index (χ1n) is 18.5. The molecule has 2 unspecified atom stereocenters. The van der Waals surface area contributed by atoms with E-state index in [-0.39, 0.29) is 50.4 Å². The van der Waals surface area contributed by atoms with Crippen molar-refractivity contribution in [1.29, 1.82) is 0 Å². The number of ether oxygens (including phenoxy) is 2. The van der Waals surface area contributed by atoms with Crippen molar-refractivity contribution >= 4 is 81.2 Å². The lowest BCUT2D eigenvalue weighted by molar-refractivity contribution is -0.152. The van der Waals surface area contributed by atoms with E-state index in [4.69, 9.17) is 14.6 Å². The van der Waals surface area contributed by atoms with E-state index < -0.39 is 71.1 Å². The molecule has 0 spiro atoms. The Kier molecular flexibility index (Phi) is 12.6. The summed E-state index contributed by atoms with van der Waals surface area (Å²) in [5.41, 5.74) is -0.412. The van der Waals surface area contributed by atoms with Crippen molar-refractivity contribution in [3.05, 3.63) is 58.6 Å². The molecular formula is C39H45BrN6O12. The Morgan fingerprint density at radius 3 is 1.31 bits per heavy atom. The van der Waals surface area contributed by atoms with Gasteiger partial charge < -0.3 is 24.4 Å². The highest BCUT2D eigenvalue weighted by Crippen LogP contribution is 2.30. The quantitative estimate of drug-likeness (QED) is 0.383. The molecule has 4 aliphatic heterocycles. The highest BCUT2D eigenvalue weighted by atomic mass is 79.9. The summed E-state index contributed by atoms with van der Waals surface area (Å²) in [6, 6.07) is 10.5. The number of rotatable bonds is 5. The topological polar surface area (TPSA) is 212 Å². The van der Waals surface area contributed by atoms with Crippen LogP contribution in [0.15, 0.2) is 53.0 Å². The van der Waals surface area contributed by atoms with Crippen molar-refractivity contribution < 1.29 is 57.7 Å². The highest BCUT2D eigenvalue weighted by molar-refractivity contribution is 9.10. The lowest BCUT2D eigenvalue weighted by Gasteiger charge is -2.34. The molecule has 0 aliphatic carbocycles. The maximum atomic E-state index is 12.9. The molecule has 4 aliphatic rings. The van der Waals surface area contributed by atoms with Gasteiger partial charge in [-0.2, -0.15) is 9.80 Å². The van der Waals surface area contributed by atoms with E-state index in [1.807, 2.05) is 24.3 Å². The number of anilines is 2. The van der Waals surface area contributed by atoms with Gasteiger partial charge in [0.15, 0.2) is 0 Å². The van der Waals surface area contributed by atoms with Crippen LogP contribution in [0.2, 0.25) is 0 Å². The van der Waals surface area contributed by atoms with E-state index in [9.17, 15) is 43.2 Å². The van der Waals surface area contributed by atoms with Gasteiger partial charge in [0.1, 0.15) is 23.3 Å². The molecule has 2 aromatic rings. The molecule has 6 rings (SSSR count). The number of hydrogen-bond donors (Lipinski definition) is 1. The molecule has 1 N–H and O–H groups in total. The first-order valence-corrected chi connectivity index (χ1v) is 19.3. The molecule has 0 radical (unpaired) electrons. The first kappa shape index (κ1) is 43.3. The van der Waals surface area contributed by atoms with Crippen LogP contribution in [0.1, 0.15) is 77.6 Å². The number of hydrogen-bond acceptors (Lipinski definition) is 11. The van der Waals surface area contributed by atoms with Gasteiger partial charge in [0.2, 0.25) is 11.8 Å². The average Bonchev–Trinajstić information content (AvgIpc) is 3.69. The highest BCUT2D eigenvalue weighted by Gasteiger charge is 2.48. The third kappa shape index (κ3) is 9.63. The molecule has 0 saturated carbocycles. The van der Waals surface area contributed by atoms with E-state index in [2.05, 4.69) is 15.9 Å². The molecule has 10 amide bonds. The number of carboxylic acids is 1. The number of imide groups is 6. The smallest absolute Gasteiger partial charge is 0.424 e. The third-order valence-electron chi connectivity index (χ3n) is 9.32. The normalized spacial score (nSPS) is 20.4.